The average molecular weight is 504 g/mol. The molecule has 0 bridgehead atoms. The Balaban J connectivity index is 1.47. The van der Waals surface area contributed by atoms with Crippen molar-refractivity contribution in [3.8, 4) is 0 Å². The smallest absolute Gasteiger partial charge is 0.207 e. The van der Waals surface area contributed by atoms with Crippen molar-refractivity contribution >= 4 is 28.9 Å². The van der Waals surface area contributed by atoms with E-state index in [1.807, 2.05) is 6.08 Å². The minimum atomic E-state index is -0.335. The van der Waals surface area contributed by atoms with E-state index in [2.05, 4.69) is 75.7 Å². The molecule has 0 amide bonds. The van der Waals surface area contributed by atoms with Crippen LogP contribution in [0.4, 0.5) is 0 Å². The number of carbonyl (C=O) groups is 1. The summed E-state index contributed by atoms with van der Waals surface area (Å²) in [7, 11) is 0. The fourth-order valence-corrected chi connectivity index (χ4v) is 7.68. The molecule has 0 aromatic heterocycles. The largest absolute Gasteiger partial charge is 0.316 e. The number of aliphatic imine (C=N–C) groups is 2. The van der Waals surface area contributed by atoms with Crippen molar-refractivity contribution in [2.45, 2.75) is 62.4 Å². The van der Waals surface area contributed by atoms with Crippen LogP contribution in [0.2, 0.25) is 0 Å². The molecule has 2 aromatic rings. The first-order valence-electron chi connectivity index (χ1n) is 13.5. The van der Waals surface area contributed by atoms with Crippen molar-refractivity contribution < 1.29 is 4.79 Å². The molecule has 3 aliphatic carbocycles. The summed E-state index contributed by atoms with van der Waals surface area (Å²) in [5, 5.41) is 2.49. The van der Waals surface area contributed by atoms with Gasteiger partial charge in [0.2, 0.25) is 5.78 Å². The summed E-state index contributed by atoms with van der Waals surface area (Å²) in [6.07, 6.45) is 11.1. The summed E-state index contributed by atoms with van der Waals surface area (Å²) in [5.74, 6) is 1.04. The van der Waals surface area contributed by atoms with Crippen molar-refractivity contribution in [3.05, 3.63) is 107 Å². The zero-order valence-electron chi connectivity index (χ0n) is 20.8. The van der Waals surface area contributed by atoms with E-state index in [1.165, 1.54) is 28.8 Å². The monoisotopic (exact) mass is 503 g/mol. The SMILES string of the molecule is O=C1C=CC2=NC34CCCCC3CC3=C(CC(c5ccccc5)CC3c3ccccc3)N4C2=C1N=C=S. The molecule has 4 atom stereocenters. The van der Waals surface area contributed by atoms with Gasteiger partial charge in [-0.2, -0.15) is 4.99 Å². The number of allylic oxidation sites excluding steroid dienone is 4. The van der Waals surface area contributed by atoms with Gasteiger partial charge in [0.1, 0.15) is 11.4 Å². The Bertz CT molecular complexity index is 1450. The minimum absolute atomic E-state index is 0.113. The molecule has 4 unspecified atom stereocenters. The summed E-state index contributed by atoms with van der Waals surface area (Å²) in [4.78, 5) is 25.3. The molecular weight excluding hydrogens is 474 g/mol. The maximum Gasteiger partial charge on any atom is 0.207 e. The number of benzene rings is 2. The van der Waals surface area contributed by atoms with Gasteiger partial charge >= 0.3 is 0 Å². The molecule has 1 saturated carbocycles. The lowest BCUT2D eigenvalue weighted by Gasteiger charge is -2.54. The van der Waals surface area contributed by atoms with Gasteiger partial charge in [-0.15, -0.1) is 0 Å². The molecule has 184 valence electrons. The van der Waals surface area contributed by atoms with Crippen molar-refractivity contribution in [3.63, 3.8) is 0 Å². The molecule has 37 heavy (non-hydrogen) atoms. The van der Waals surface area contributed by atoms with Crippen LogP contribution in [0.5, 0.6) is 0 Å². The zero-order valence-corrected chi connectivity index (χ0v) is 21.6. The first-order chi connectivity index (χ1) is 18.2. The molecule has 1 fully saturated rings. The van der Waals surface area contributed by atoms with E-state index < -0.39 is 0 Å². The first-order valence-corrected chi connectivity index (χ1v) is 13.9. The molecule has 2 aromatic carbocycles. The molecule has 5 aliphatic rings. The lowest BCUT2D eigenvalue weighted by atomic mass is 9.64. The van der Waals surface area contributed by atoms with Crippen LogP contribution in [-0.2, 0) is 4.79 Å². The summed E-state index contributed by atoms with van der Waals surface area (Å²) in [6.45, 7) is 0. The number of thiocarbonyl (C=S) groups is 1. The van der Waals surface area contributed by atoms with Gasteiger partial charge in [-0.05, 0) is 85.5 Å². The van der Waals surface area contributed by atoms with Gasteiger partial charge in [-0.3, -0.25) is 9.79 Å². The molecule has 4 nitrogen and oxygen atoms in total. The molecule has 2 heterocycles. The second kappa shape index (κ2) is 8.86. The number of hydrogen-bond acceptors (Lipinski definition) is 5. The molecular formula is C32H29N3OS. The Morgan fingerprint density at radius 1 is 0.973 bits per heavy atom. The lowest BCUT2D eigenvalue weighted by Crippen LogP contribution is -2.54. The zero-order chi connectivity index (χ0) is 25.0. The van der Waals surface area contributed by atoms with Gasteiger partial charge in [0.25, 0.3) is 0 Å². The normalized spacial score (nSPS) is 30.2. The van der Waals surface area contributed by atoms with Crippen LogP contribution in [0.3, 0.4) is 0 Å². The van der Waals surface area contributed by atoms with Crippen LogP contribution in [-0.4, -0.2) is 27.2 Å². The Morgan fingerprint density at radius 2 is 1.73 bits per heavy atom. The van der Waals surface area contributed by atoms with E-state index in [4.69, 9.17) is 17.2 Å². The van der Waals surface area contributed by atoms with Crippen molar-refractivity contribution in [2.75, 3.05) is 0 Å². The molecule has 0 radical (unpaired) electrons. The summed E-state index contributed by atoms with van der Waals surface area (Å²) < 4.78 is 0. The molecule has 0 N–H and O–H groups in total. The quantitative estimate of drug-likeness (QED) is 0.255. The van der Waals surface area contributed by atoms with Crippen LogP contribution in [0.15, 0.2) is 105 Å². The fourth-order valence-electron chi connectivity index (χ4n) is 7.59. The summed E-state index contributed by atoms with van der Waals surface area (Å²) in [6, 6.07) is 21.9. The van der Waals surface area contributed by atoms with Crippen molar-refractivity contribution in [2.24, 2.45) is 15.9 Å². The number of carbonyl (C=O) groups excluding carboxylic acids is 1. The van der Waals surface area contributed by atoms with E-state index in [0.29, 0.717) is 23.5 Å². The summed E-state index contributed by atoms with van der Waals surface area (Å²) >= 11 is 4.99. The highest BCUT2D eigenvalue weighted by molar-refractivity contribution is 7.78. The minimum Gasteiger partial charge on any atom is -0.316 e. The van der Waals surface area contributed by atoms with Crippen LogP contribution < -0.4 is 0 Å². The highest BCUT2D eigenvalue weighted by Crippen LogP contribution is 2.60. The predicted molar refractivity (Wildman–Crippen MR) is 149 cm³/mol. The molecule has 1 spiro atoms. The Hall–Kier alpha value is -3.40. The Labute approximate surface area is 223 Å². The van der Waals surface area contributed by atoms with Crippen LogP contribution in [0, 0.1) is 5.92 Å². The maximum atomic E-state index is 13.1. The van der Waals surface area contributed by atoms with E-state index in [-0.39, 0.29) is 11.4 Å². The molecule has 5 heteroatoms. The lowest BCUT2D eigenvalue weighted by molar-refractivity contribution is -0.111. The van der Waals surface area contributed by atoms with E-state index in [1.54, 1.807) is 6.08 Å². The highest BCUT2D eigenvalue weighted by atomic mass is 32.1. The number of hydrogen-bond donors (Lipinski definition) is 0. The number of isothiocyanates is 1. The third-order valence-electron chi connectivity index (χ3n) is 9.14. The van der Waals surface area contributed by atoms with E-state index in [9.17, 15) is 4.79 Å². The Morgan fingerprint density at radius 3 is 2.49 bits per heavy atom. The third-order valence-corrected chi connectivity index (χ3v) is 9.23. The number of rotatable bonds is 3. The van der Waals surface area contributed by atoms with Gasteiger partial charge in [0.05, 0.1) is 16.6 Å². The van der Waals surface area contributed by atoms with Crippen molar-refractivity contribution in [1.82, 2.24) is 4.90 Å². The first kappa shape index (κ1) is 22.8. The van der Waals surface area contributed by atoms with Crippen LogP contribution in [0.1, 0.15) is 67.9 Å². The molecule has 0 saturated heterocycles. The molecule has 2 aliphatic heterocycles. The maximum absolute atomic E-state index is 13.1. The van der Waals surface area contributed by atoms with Gasteiger partial charge in [-0.1, -0.05) is 67.1 Å². The van der Waals surface area contributed by atoms with Gasteiger partial charge < -0.3 is 4.90 Å². The van der Waals surface area contributed by atoms with Gasteiger partial charge in [0, 0.05) is 17.5 Å². The highest BCUT2D eigenvalue weighted by Gasteiger charge is 2.57. The van der Waals surface area contributed by atoms with Gasteiger partial charge in [-0.25, -0.2) is 0 Å². The van der Waals surface area contributed by atoms with Crippen LogP contribution in [0.25, 0.3) is 0 Å². The standard InChI is InChI=1S/C32H29N3OS/c36-29-15-14-27-31(30(29)33-20-37)35-28-18-23(21-9-3-1-4-10-21)17-25(22-11-5-2-6-12-22)26(28)19-24-13-7-8-16-32(24,35)34-27/h1-6,9-12,14-15,23-25H,7-8,13,16-19H2. The van der Waals surface area contributed by atoms with E-state index in [0.717, 1.165) is 49.9 Å². The average Bonchev–Trinajstić information content (AvgIpc) is 3.28. The van der Waals surface area contributed by atoms with E-state index >= 15 is 0 Å². The summed E-state index contributed by atoms with van der Waals surface area (Å²) in [5.41, 5.74) is 7.42. The third kappa shape index (κ3) is 3.48. The second-order valence-electron chi connectivity index (χ2n) is 10.9. The predicted octanol–water partition coefficient (Wildman–Crippen LogP) is 7.10. The number of nitrogens with zero attached hydrogens (tertiary/aromatic N) is 3. The van der Waals surface area contributed by atoms with Crippen molar-refractivity contribution in [1.29, 1.82) is 0 Å². The topological polar surface area (TPSA) is 45.0 Å². The fraction of sp³-hybridized carbons (Fsp3) is 0.344. The number of ketones is 1. The Kier molecular flexibility index (Phi) is 5.46. The molecule has 7 rings (SSSR count). The van der Waals surface area contributed by atoms with Crippen LogP contribution >= 0.6 is 12.2 Å². The second-order valence-corrected chi connectivity index (χ2v) is 11.1. The van der Waals surface area contributed by atoms with Gasteiger partial charge in [0.15, 0.2) is 0 Å². The number of fused-ring (bicyclic) bond motifs is 3.